The highest BCUT2D eigenvalue weighted by molar-refractivity contribution is 5.74. The Labute approximate surface area is 221 Å². The molecular formula is C29H47F2N3O3. The summed E-state index contributed by atoms with van der Waals surface area (Å²) < 4.78 is 34.0. The van der Waals surface area contributed by atoms with Gasteiger partial charge < -0.3 is 25.4 Å². The largest absolute Gasteiger partial charge is 0.385 e. The molecule has 0 bridgehead atoms. The van der Waals surface area contributed by atoms with E-state index in [2.05, 4.69) is 10.6 Å². The average molecular weight is 524 g/mol. The quantitative estimate of drug-likeness (QED) is 0.335. The number of ether oxygens (including phenoxy) is 1. The van der Waals surface area contributed by atoms with E-state index in [1.165, 1.54) is 0 Å². The average Bonchev–Trinajstić information content (AvgIpc) is 2.89. The van der Waals surface area contributed by atoms with Gasteiger partial charge in [-0.3, -0.25) is 0 Å². The van der Waals surface area contributed by atoms with E-state index in [0.717, 1.165) is 38.5 Å². The first-order valence-corrected chi connectivity index (χ1v) is 14.1. The van der Waals surface area contributed by atoms with E-state index >= 15 is 4.39 Å². The van der Waals surface area contributed by atoms with E-state index in [4.69, 9.17) is 4.74 Å². The van der Waals surface area contributed by atoms with Gasteiger partial charge >= 0.3 is 6.03 Å². The van der Waals surface area contributed by atoms with Crippen molar-refractivity contribution in [3.63, 3.8) is 0 Å². The van der Waals surface area contributed by atoms with Gasteiger partial charge in [-0.1, -0.05) is 18.2 Å². The van der Waals surface area contributed by atoms with Crippen molar-refractivity contribution >= 4 is 6.03 Å². The summed E-state index contributed by atoms with van der Waals surface area (Å²) in [6, 6.07) is 5.01. The third-order valence-electron chi connectivity index (χ3n) is 8.37. The molecule has 8 heteroatoms. The maximum atomic E-state index is 15.3. The number of likely N-dealkylation sites (N-methyl/N-ethyl adjacent to an activating group) is 1. The van der Waals surface area contributed by atoms with Gasteiger partial charge in [0.25, 0.3) is 0 Å². The Hall–Kier alpha value is -1.77. The van der Waals surface area contributed by atoms with Crippen LogP contribution in [0.25, 0.3) is 0 Å². The van der Waals surface area contributed by atoms with E-state index in [-0.39, 0.29) is 23.8 Å². The van der Waals surface area contributed by atoms with Crippen molar-refractivity contribution in [2.75, 3.05) is 40.4 Å². The number of alkyl halides is 1. The monoisotopic (exact) mass is 523 g/mol. The van der Waals surface area contributed by atoms with Crippen LogP contribution in [0.1, 0.15) is 75.3 Å². The number of hydrogen-bond donors (Lipinski definition) is 3. The van der Waals surface area contributed by atoms with Crippen LogP contribution in [-0.2, 0) is 10.3 Å². The van der Waals surface area contributed by atoms with Gasteiger partial charge in [-0.25, -0.2) is 13.6 Å². The van der Waals surface area contributed by atoms with E-state index < -0.39 is 11.8 Å². The SMILES string of the molecule is CNC[C@H](C[C@H]1CC[C@H](F)CC1)NC(=O)N1CCC[C@@H]([C@@](O)(CCCCOC)c2cccc(C)c2F)C1. The number of urea groups is 1. The van der Waals surface area contributed by atoms with E-state index in [1.807, 2.05) is 7.05 Å². The molecule has 0 unspecified atom stereocenters. The van der Waals surface area contributed by atoms with Crippen molar-refractivity contribution in [1.29, 1.82) is 0 Å². The van der Waals surface area contributed by atoms with Crippen molar-refractivity contribution in [3.05, 3.63) is 35.1 Å². The number of aryl methyl sites for hydroxylation is 1. The number of aliphatic hydroxyl groups is 1. The molecule has 210 valence electrons. The van der Waals surface area contributed by atoms with Crippen molar-refractivity contribution < 1.29 is 23.4 Å². The van der Waals surface area contributed by atoms with Gasteiger partial charge in [0, 0.05) is 50.9 Å². The number of unbranched alkanes of at least 4 members (excludes halogenated alkanes) is 1. The molecule has 2 aliphatic rings. The second kappa shape index (κ2) is 14.4. The Bertz CT molecular complexity index is 850. The highest BCUT2D eigenvalue weighted by Crippen LogP contribution is 2.41. The Morgan fingerprint density at radius 3 is 2.70 bits per heavy atom. The molecule has 1 aliphatic heterocycles. The molecule has 1 saturated carbocycles. The Morgan fingerprint density at radius 1 is 1.24 bits per heavy atom. The molecule has 1 aliphatic carbocycles. The van der Waals surface area contributed by atoms with Crippen molar-refractivity contribution in [3.8, 4) is 0 Å². The van der Waals surface area contributed by atoms with Crippen LogP contribution in [0.15, 0.2) is 18.2 Å². The molecule has 1 aromatic rings. The number of nitrogens with zero attached hydrogens (tertiary/aromatic N) is 1. The summed E-state index contributed by atoms with van der Waals surface area (Å²) in [6.45, 7) is 3.94. The van der Waals surface area contributed by atoms with Crippen molar-refractivity contribution in [1.82, 2.24) is 15.5 Å². The molecule has 6 nitrogen and oxygen atoms in total. The lowest BCUT2D eigenvalue weighted by molar-refractivity contribution is -0.0588. The number of benzene rings is 1. The predicted octanol–water partition coefficient (Wildman–Crippen LogP) is 5.07. The number of halogens is 2. The van der Waals surface area contributed by atoms with E-state index in [1.54, 1.807) is 37.1 Å². The number of rotatable bonds is 12. The highest BCUT2D eigenvalue weighted by atomic mass is 19.1. The minimum absolute atomic E-state index is 0.0406. The third kappa shape index (κ3) is 8.11. The second-order valence-electron chi connectivity index (χ2n) is 11.2. The first kappa shape index (κ1) is 29.8. The van der Waals surface area contributed by atoms with Crippen molar-refractivity contribution in [2.45, 2.75) is 88.9 Å². The Morgan fingerprint density at radius 2 is 2.00 bits per heavy atom. The van der Waals surface area contributed by atoms with Gasteiger partial charge in [-0.05, 0) is 89.7 Å². The summed E-state index contributed by atoms with van der Waals surface area (Å²) in [5.74, 6) is -0.218. The number of piperidine rings is 1. The molecule has 2 fully saturated rings. The molecular weight excluding hydrogens is 476 g/mol. The van der Waals surface area contributed by atoms with Gasteiger partial charge in [-0.2, -0.15) is 0 Å². The van der Waals surface area contributed by atoms with Crippen LogP contribution in [-0.4, -0.2) is 68.6 Å². The smallest absolute Gasteiger partial charge is 0.317 e. The molecule has 37 heavy (non-hydrogen) atoms. The molecule has 0 aromatic heterocycles. The zero-order valence-electron chi connectivity index (χ0n) is 22.9. The lowest BCUT2D eigenvalue weighted by Crippen LogP contribution is -2.54. The van der Waals surface area contributed by atoms with Gasteiger partial charge in [0.2, 0.25) is 0 Å². The zero-order valence-corrected chi connectivity index (χ0v) is 22.9. The van der Waals surface area contributed by atoms with E-state index in [9.17, 15) is 14.3 Å². The normalized spacial score (nSPS) is 24.9. The number of likely N-dealkylation sites (tertiary alicyclic amines) is 1. The molecule has 0 spiro atoms. The zero-order chi connectivity index (χ0) is 26.8. The fourth-order valence-corrected chi connectivity index (χ4v) is 6.20. The molecule has 1 aromatic carbocycles. The van der Waals surface area contributed by atoms with E-state index in [0.29, 0.717) is 69.0 Å². The summed E-state index contributed by atoms with van der Waals surface area (Å²) >= 11 is 0. The summed E-state index contributed by atoms with van der Waals surface area (Å²) in [5.41, 5.74) is -0.526. The van der Waals surface area contributed by atoms with Crippen LogP contribution in [0.2, 0.25) is 0 Å². The van der Waals surface area contributed by atoms with Crippen LogP contribution >= 0.6 is 0 Å². The van der Waals surface area contributed by atoms with Crippen LogP contribution in [0, 0.1) is 24.6 Å². The fraction of sp³-hybridized carbons (Fsp3) is 0.759. The lowest BCUT2D eigenvalue weighted by atomic mass is 9.73. The number of hydrogen-bond acceptors (Lipinski definition) is 4. The van der Waals surface area contributed by atoms with Gasteiger partial charge in [0.15, 0.2) is 0 Å². The number of carbonyl (C=O) groups excluding carboxylic acids is 1. The summed E-state index contributed by atoms with van der Waals surface area (Å²) in [6.07, 6.45) is 6.45. The first-order chi connectivity index (χ1) is 17.8. The molecule has 3 N–H and O–H groups in total. The minimum Gasteiger partial charge on any atom is -0.385 e. The fourth-order valence-electron chi connectivity index (χ4n) is 6.20. The highest BCUT2D eigenvalue weighted by Gasteiger charge is 2.43. The summed E-state index contributed by atoms with van der Waals surface area (Å²) in [5, 5.41) is 18.4. The number of amides is 2. The van der Waals surface area contributed by atoms with Gasteiger partial charge in [0.05, 0.1) is 5.60 Å². The number of methoxy groups -OCH3 is 1. The standard InChI is InChI=1S/C29H47F2N3O3/c1-21-8-6-10-26(27(21)31)29(36,15-4-5-17-37-3)23-9-7-16-34(20-23)28(35)33-25(19-32-2)18-22-11-13-24(30)14-12-22/h6,8,10,22-25,32,36H,4-5,7,9,11-20H2,1-3H3,(H,33,35)/t22-,23-,24-,25+,29+/m1/s1. The predicted molar refractivity (Wildman–Crippen MR) is 143 cm³/mol. The van der Waals surface area contributed by atoms with Crippen LogP contribution in [0.5, 0.6) is 0 Å². The van der Waals surface area contributed by atoms with Crippen LogP contribution in [0.3, 0.4) is 0 Å². The van der Waals surface area contributed by atoms with Crippen molar-refractivity contribution in [2.24, 2.45) is 11.8 Å². The summed E-state index contributed by atoms with van der Waals surface area (Å²) in [7, 11) is 3.52. The van der Waals surface area contributed by atoms with Crippen LogP contribution in [0.4, 0.5) is 13.6 Å². The second-order valence-corrected chi connectivity index (χ2v) is 11.2. The number of carbonyl (C=O) groups is 1. The number of nitrogens with one attached hydrogen (secondary N) is 2. The maximum absolute atomic E-state index is 15.3. The Balaban J connectivity index is 1.70. The lowest BCUT2D eigenvalue weighted by Gasteiger charge is -2.43. The summed E-state index contributed by atoms with van der Waals surface area (Å²) in [4.78, 5) is 15.1. The molecule has 1 heterocycles. The molecule has 1 saturated heterocycles. The third-order valence-corrected chi connectivity index (χ3v) is 8.37. The maximum Gasteiger partial charge on any atom is 0.317 e. The van der Waals surface area contributed by atoms with Gasteiger partial charge in [-0.15, -0.1) is 0 Å². The molecule has 3 atom stereocenters. The van der Waals surface area contributed by atoms with Crippen LogP contribution < -0.4 is 10.6 Å². The molecule has 2 amide bonds. The van der Waals surface area contributed by atoms with Gasteiger partial charge in [0.1, 0.15) is 12.0 Å². The Kier molecular flexibility index (Phi) is 11.6. The molecule has 3 rings (SSSR count). The first-order valence-electron chi connectivity index (χ1n) is 14.1. The minimum atomic E-state index is -1.36. The topological polar surface area (TPSA) is 73.8 Å². The molecule has 0 radical (unpaired) electrons.